The fourth-order valence-corrected chi connectivity index (χ4v) is 2.65. The van der Waals surface area contributed by atoms with Crippen LogP contribution in [-0.4, -0.2) is 35.9 Å². The SMILES string of the molecule is Cc1cc(NC(=O)[C@H](C(C)C)n2nnc(-c3ccccc3)n2)n(C)n1. The van der Waals surface area contributed by atoms with Crippen molar-refractivity contribution in [1.82, 2.24) is 30.0 Å². The summed E-state index contributed by atoms with van der Waals surface area (Å²) in [7, 11) is 1.79. The highest BCUT2D eigenvalue weighted by atomic mass is 16.2. The standard InChI is InChI=1S/C17H21N7O/c1-11(2)15(17(25)18-14-10-12(3)20-23(14)4)24-21-16(19-22-24)13-8-6-5-7-9-13/h5-11,15H,1-4H3,(H,18,25)/t15-/m0/s1. The number of tetrazole rings is 1. The Morgan fingerprint density at radius 3 is 2.48 bits per heavy atom. The maximum Gasteiger partial charge on any atom is 0.252 e. The first-order valence-electron chi connectivity index (χ1n) is 8.12. The van der Waals surface area contributed by atoms with Gasteiger partial charge in [0.15, 0.2) is 6.04 Å². The molecule has 1 N–H and O–H groups in total. The highest BCUT2D eigenvalue weighted by Gasteiger charge is 2.28. The number of rotatable bonds is 5. The average molecular weight is 339 g/mol. The summed E-state index contributed by atoms with van der Waals surface area (Å²) >= 11 is 0. The molecule has 3 rings (SSSR count). The molecule has 3 aromatic rings. The number of carbonyl (C=O) groups is 1. The lowest BCUT2D eigenvalue weighted by molar-refractivity contribution is -0.121. The van der Waals surface area contributed by atoms with E-state index in [1.807, 2.05) is 57.2 Å². The highest BCUT2D eigenvalue weighted by molar-refractivity contribution is 5.93. The van der Waals surface area contributed by atoms with Crippen LogP contribution in [-0.2, 0) is 11.8 Å². The van der Waals surface area contributed by atoms with Crippen molar-refractivity contribution in [3.63, 3.8) is 0 Å². The Bertz CT molecular complexity index is 866. The Morgan fingerprint density at radius 1 is 1.16 bits per heavy atom. The molecule has 0 saturated carbocycles. The molecule has 2 aromatic heterocycles. The summed E-state index contributed by atoms with van der Waals surface area (Å²) in [6, 6.07) is 10.8. The average Bonchev–Trinajstić information content (AvgIpc) is 3.15. The summed E-state index contributed by atoms with van der Waals surface area (Å²) in [6.07, 6.45) is 0. The molecule has 0 aliphatic heterocycles. The zero-order chi connectivity index (χ0) is 18.0. The maximum atomic E-state index is 12.8. The Hall–Kier alpha value is -3.03. The predicted octanol–water partition coefficient (Wildman–Crippen LogP) is 2.22. The minimum Gasteiger partial charge on any atom is -0.309 e. The van der Waals surface area contributed by atoms with E-state index in [-0.39, 0.29) is 11.8 Å². The molecule has 0 aliphatic rings. The maximum absolute atomic E-state index is 12.8. The predicted molar refractivity (Wildman–Crippen MR) is 93.7 cm³/mol. The molecular weight excluding hydrogens is 318 g/mol. The van der Waals surface area contributed by atoms with Crippen molar-refractivity contribution in [2.75, 3.05) is 5.32 Å². The number of nitrogens with one attached hydrogen (secondary N) is 1. The third kappa shape index (κ3) is 3.57. The number of carbonyl (C=O) groups excluding carboxylic acids is 1. The monoisotopic (exact) mass is 339 g/mol. The van der Waals surface area contributed by atoms with Crippen LogP contribution in [0.15, 0.2) is 36.4 Å². The minimum atomic E-state index is -0.569. The van der Waals surface area contributed by atoms with E-state index >= 15 is 0 Å². The molecular formula is C17H21N7O. The van der Waals surface area contributed by atoms with E-state index in [1.165, 1.54) is 4.80 Å². The fraction of sp³-hybridized carbons (Fsp3) is 0.353. The van der Waals surface area contributed by atoms with Gasteiger partial charge in [-0.15, -0.1) is 10.2 Å². The van der Waals surface area contributed by atoms with E-state index in [0.29, 0.717) is 11.6 Å². The van der Waals surface area contributed by atoms with Gasteiger partial charge in [0, 0.05) is 18.7 Å². The van der Waals surface area contributed by atoms with Gasteiger partial charge in [-0.25, -0.2) is 0 Å². The number of anilines is 1. The molecule has 1 aromatic carbocycles. The first kappa shape index (κ1) is 16.8. The van der Waals surface area contributed by atoms with Gasteiger partial charge in [0.2, 0.25) is 5.82 Å². The van der Waals surface area contributed by atoms with Gasteiger partial charge in [0.25, 0.3) is 5.91 Å². The lowest BCUT2D eigenvalue weighted by atomic mass is 10.0. The molecule has 0 bridgehead atoms. The Morgan fingerprint density at radius 2 is 1.88 bits per heavy atom. The Labute approximate surface area is 145 Å². The van der Waals surface area contributed by atoms with Crippen molar-refractivity contribution >= 4 is 11.7 Å². The van der Waals surface area contributed by atoms with E-state index < -0.39 is 6.04 Å². The van der Waals surface area contributed by atoms with E-state index in [2.05, 4.69) is 25.8 Å². The van der Waals surface area contributed by atoms with Crippen LogP contribution in [0.2, 0.25) is 0 Å². The number of aromatic nitrogens is 6. The van der Waals surface area contributed by atoms with E-state index in [9.17, 15) is 4.79 Å². The van der Waals surface area contributed by atoms with Gasteiger partial charge in [-0.3, -0.25) is 9.48 Å². The third-order valence-electron chi connectivity index (χ3n) is 3.86. The normalized spacial score (nSPS) is 12.4. The van der Waals surface area contributed by atoms with Crippen molar-refractivity contribution in [3.05, 3.63) is 42.1 Å². The summed E-state index contributed by atoms with van der Waals surface area (Å²) in [4.78, 5) is 14.2. The summed E-state index contributed by atoms with van der Waals surface area (Å²) in [5.74, 6) is 0.925. The number of aryl methyl sites for hydroxylation is 2. The van der Waals surface area contributed by atoms with Crippen molar-refractivity contribution in [1.29, 1.82) is 0 Å². The number of nitrogens with zero attached hydrogens (tertiary/aromatic N) is 6. The second-order valence-corrected chi connectivity index (χ2v) is 6.27. The molecule has 0 fully saturated rings. The van der Waals surface area contributed by atoms with Crippen LogP contribution in [0.3, 0.4) is 0 Å². The third-order valence-corrected chi connectivity index (χ3v) is 3.86. The number of amides is 1. The zero-order valence-corrected chi connectivity index (χ0v) is 14.7. The van der Waals surface area contributed by atoms with E-state index in [1.54, 1.807) is 11.7 Å². The molecule has 0 saturated heterocycles. The van der Waals surface area contributed by atoms with Gasteiger partial charge < -0.3 is 5.32 Å². The Balaban J connectivity index is 1.85. The topological polar surface area (TPSA) is 90.5 Å². The molecule has 130 valence electrons. The molecule has 0 spiro atoms. The van der Waals surface area contributed by atoms with Crippen LogP contribution >= 0.6 is 0 Å². The van der Waals surface area contributed by atoms with E-state index in [4.69, 9.17) is 0 Å². The summed E-state index contributed by atoms with van der Waals surface area (Å²) in [5, 5.41) is 19.7. The van der Waals surface area contributed by atoms with Crippen molar-refractivity contribution in [3.8, 4) is 11.4 Å². The Kier molecular flexibility index (Phi) is 4.60. The van der Waals surface area contributed by atoms with Gasteiger partial charge >= 0.3 is 0 Å². The fourth-order valence-electron chi connectivity index (χ4n) is 2.65. The lowest BCUT2D eigenvalue weighted by Crippen LogP contribution is -2.32. The van der Waals surface area contributed by atoms with Crippen molar-refractivity contribution < 1.29 is 4.79 Å². The summed E-state index contributed by atoms with van der Waals surface area (Å²) in [6.45, 7) is 5.77. The molecule has 25 heavy (non-hydrogen) atoms. The van der Waals surface area contributed by atoms with Crippen LogP contribution in [0.4, 0.5) is 5.82 Å². The molecule has 0 radical (unpaired) electrons. The second kappa shape index (κ2) is 6.84. The minimum absolute atomic E-state index is 0.00727. The van der Waals surface area contributed by atoms with Crippen molar-refractivity contribution in [2.24, 2.45) is 13.0 Å². The number of hydrogen-bond acceptors (Lipinski definition) is 5. The van der Waals surface area contributed by atoms with Crippen LogP contribution in [0.25, 0.3) is 11.4 Å². The second-order valence-electron chi connectivity index (χ2n) is 6.27. The quantitative estimate of drug-likeness (QED) is 0.770. The van der Waals surface area contributed by atoms with Gasteiger partial charge in [0.05, 0.1) is 5.69 Å². The lowest BCUT2D eigenvalue weighted by Gasteiger charge is -2.18. The number of hydrogen-bond donors (Lipinski definition) is 1. The molecule has 0 aliphatic carbocycles. The zero-order valence-electron chi connectivity index (χ0n) is 14.7. The molecule has 8 heteroatoms. The molecule has 1 atom stereocenters. The number of benzene rings is 1. The van der Waals surface area contributed by atoms with Crippen molar-refractivity contribution in [2.45, 2.75) is 26.8 Å². The van der Waals surface area contributed by atoms with Crippen LogP contribution < -0.4 is 5.32 Å². The van der Waals surface area contributed by atoms with Gasteiger partial charge in [0.1, 0.15) is 5.82 Å². The molecule has 0 unspecified atom stereocenters. The first-order valence-corrected chi connectivity index (χ1v) is 8.12. The van der Waals surface area contributed by atoms with E-state index in [0.717, 1.165) is 11.3 Å². The largest absolute Gasteiger partial charge is 0.309 e. The smallest absolute Gasteiger partial charge is 0.252 e. The molecule has 8 nitrogen and oxygen atoms in total. The van der Waals surface area contributed by atoms with Crippen LogP contribution in [0.5, 0.6) is 0 Å². The summed E-state index contributed by atoms with van der Waals surface area (Å²) in [5.41, 5.74) is 1.70. The van der Waals surface area contributed by atoms with Gasteiger partial charge in [-0.2, -0.15) is 9.90 Å². The van der Waals surface area contributed by atoms with Crippen LogP contribution in [0, 0.1) is 12.8 Å². The highest BCUT2D eigenvalue weighted by Crippen LogP contribution is 2.20. The van der Waals surface area contributed by atoms with Gasteiger partial charge in [-0.1, -0.05) is 44.2 Å². The molecule has 2 heterocycles. The van der Waals surface area contributed by atoms with Gasteiger partial charge in [-0.05, 0) is 18.1 Å². The first-order chi connectivity index (χ1) is 12.0. The van der Waals surface area contributed by atoms with Crippen LogP contribution in [0.1, 0.15) is 25.6 Å². The molecule has 1 amide bonds. The summed E-state index contributed by atoms with van der Waals surface area (Å²) < 4.78 is 1.63.